The van der Waals surface area contributed by atoms with Crippen LogP contribution in [0.2, 0.25) is 0 Å². The van der Waals surface area contributed by atoms with Gasteiger partial charge in [-0.3, -0.25) is 9.69 Å². The van der Waals surface area contributed by atoms with Gasteiger partial charge in [-0.05, 0) is 58.0 Å². The highest BCUT2D eigenvalue weighted by molar-refractivity contribution is 7.99. The summed E-state index contributed by atoms with van der Waals surface area (Å²) in [7, 11) is 0. The zero-order valence-corrected chi connectivity index (χ0v) is 19.6. The van der Waals surface area contributed by atoms with Crippen molar-refractivity contribution in [2.24, 2.45) is 0 Å². The SMILES string of the molecule is CC1(C)CC([NH2+]CC(=O)N2c3ccccc3Sc3ccc(C(F)(F)F)cc32)CC(C)(C)[NH2+]1. The molecule has 1 saturated heterocycles. The molecule has 0 aromatic heterocycles. The van der Waals surface area contributed by atoms with Crippen LogP contribution in [0, 0.1) is 0 Å². The van der Waals surface area contributed by atoms with E-state index in [4.69, 9.17) is 0 Å². The molecule has 2 heterocycles. The minimum atomic E-state index is -4.47. The monoisotopic (exact) mass is 465 g/mol. The van der Waals surface area contributed by atoms with Crippen molar-refractivity contribution in [3.8, 4) is 0 Å². The zero-order valence-electron chi connectivity index (χ0n) is 18.8. The maximum Gasteiger partial charge on any atom is 0.416 e. The van der Waals surface area contributed by atoms with E-state index in [0.717, 1.165) is 29.9 Å². The first-order chi connectivity index (χ1) is 14.8. The molecule has 2 aromatic carbocycles. The van der Waals surface area contributed by atoms with Gasteiger partial charge in [0.05, 0.1) is 46.9 Å². The van der Waals surface area contributed by atoms with Gasteiger partial charge in [-0.25, -0.2) is 0 Å². The third kappa shape index (κ3) is 4.82. The number of carbonyl (C=O) groups excluding carboxylic acids is 1. The molecule has 0 spiro atoms. The fourth-order valence-corrected chi connectivity index (χ4v) is 6.36. The maximum absolute atomic E-state index is 13.4. The minimum absolute atomic E-state index is 0.0779. The van der Waals surface area contributed by atoms with Crippen LogP contribution in [-0.2, 0) is 11.0 Å². The molecule has 0 bridgehead atoms. The van der Waals surface area contributed by atoms with Crippen LogP contribution < -0.4 is 15.5 Å². The van der Waals surface area contributed by atoms with Crippen LogP contribution in [0.25, 0.3) is 0 Å². The number of benzene rings is 2. The number of anilines is 2. The first-order valence-electron chi connectivity index (χ1n) is 10.9. The molecule has 4 nitrogen and oxygen atoms in total. The van der Waals surface area contributed by atoms with Gasteiger partial charge in [0.15, 0.2) is 6.54 Å². The lowest BCUT2D eigenvalue weighted by Crippen LogP contribution is -3.09. The molecule has 0 aliphatic carbocycles. The third-order valence-electron chi connectivity index (χ3n) is 6.09. The van der Waals surface area contributed by atoms with Crippen molar-refractivity contribution in [1.29, 1.82) is 0 Å². The first-order valence-corrected chi connectivity index (χ1v) is 11.7. The smallest absolute Gasteiger partial charge is 0.337 e. The molecule has 32 heavy (non-hydrogen) atoms. The minimum Gasteiger partial charge on any atom is -0.337 e. The Balaban J connectivity index is 1.62. The van der Waals surface area contributed by atoms with Crippen molar-refractivity contribution in [2.45, 2.75) is 73.6 Å². The Morgan fingerprint density at radius 3 is 2.34 bits per heavy atom. The Hall–Kier alpha value is -2.03. The molecule has 0 unspecified atom stereocenters. The van der Waals surface area contributed by atoms with E-state index in [1.807, 2.05) is 18.2 Å². The summed E-state index contributed by atoms with van der Waals surface area (Å²) in [6, 6.07) is 11.3. The number of nitrogens with two attached hydrogens (primary N) is 2. The van der Waals surface area contributed by atoms with Crippen molar-refractivity contribution >= 4 is 29.0 Å². The largest absolute Gasteiger partial charge is 0.416 e. The predicted octanol–water partition coefficient (Wildman–Crippen LogP) is 3.68. The Morgan fingerprint density at radius 1 is 1.06 bits per heavy atom. The Bertz CT molecular complexity index is 1020. The maximum atomic E-state index is 13.4. The molecule has 4 rings (SSSR count). The summed E-state index contributed by atoms with van der Waals surface area (Å²) < 4.78 is 40.2. The van der Waals surface area contributed by atoms with Crippen molar-refractivity contribution in [3.63, 3.8) is 0 Å². The predicted molar refractivity (Wildman–Crippen MR) is 119 cm³/mol. The summed E-state index contributed by atoms with van der Waals surface area (Å²) in [5.74, 6) is -0.205. The van der Waals surface area contributed by atoms with Gasteiger partial charge < -0.3 is 10.6 Å². The summed E-state index contributed by atoms with van der Waals surface area (Å²) in [4.78, 5) is 16.4. The van der Waals surface area contributed by atoms with Gasteiger partial charge in [0.2, 0.25) is 0 Å². The van der Waals surface area contributed by atoms with Gasteiger partial charge in [-0.15, -0.1) is 0 Å². The standard InChI is InChI=1S/C24H28F3N3OS/c1-22(2)12-16(13-23(3,4)29-22)28-14-21(31)30-17-7-5-6-8-19(17)32-20-10-9-15(11-18(20)30)24(25,26)27/h5-11,16,28-29H,12-14H2,1-4H3/p+2. The van der Waals surface area contributed by atoms with Gasteiger partial charge >= 0.3 is 6.18 Å². The number of halogens is 3. The molecule has 0 saturated carbocycles. The fraction of sp³-hybridized carbons (Fsp3) is 0.458. The van der Waals surface area contributed by atoms with E-state index in [1.54, 1.807) is 6.07 Å². The van der Waals surface area contributed by atoms with Crippen molar-refractivity contribution in [3.05, 3.63) is 48.0 Å². The van der Waals surface area contributed by atoms with Crippen molar-refractivity contribution < 1.29 is 28.6 Å². The number of nitrogens with zero attached hydrogens (tertiary/aromatic N) is 1. The van der Waals surface area contributed by atoms with Crippen LogP contribution in [0.5, 0.6) is 0 Å². The lowest BCUT2D eigenvalue weighted by Gasteiger charge is -2.41. The molecule has 172 valence electrons. The second-order valence-corrected chi connectivity index (χ2v) is 11.3. The van der Waals surface area contributed by atoms with E-state index in [9.17, 15) is 18.0 Å². The van der Waals surface area contributed by atoms with Crippen LogP contribution in [0.1, 0.15) is 46.1 Å². The Morgan fingerprint density at radius 2 is 1.69 bits per heavy atom. The van der Waals surface area contributed by atoms with E-state index in [1.165, 1.54) is 22.7 Å². The molecule has 2 aliphatic rings. The highest BCUT2D eigenvalue weighted by Gasteiger charge is 2.44. The van der Waals surface area contributed by atoms with Gasteiger partial charge in [0.25, 0.3) is 5.91 Å². The molecule has 8 heteroatoms. The Labute approximate surface area is 190 Å². The number of quaternary nitrogens is 2. The summed E-state index contributed by atoms with van der Waals surface area (Å²) in [6.07, 6.45) is -2.54. The molecular formula is C24H30F3N3OS+2. The van der Waals surface area contributed by atoms with Crippen LogP contribution in [0.15, 0.2) is 52.3 Å². The average Bonchev–Trinajstić information content (AvgIpc) is 2.66. The second kappa shape index (κ2) is 8.08. The Kier molecular flexibility index (Phi) is 5.84. The summed E-state index contributed by atoms with van der Waals surface area (Å²) >= 11 is 1.39. The second-order valence-electron chi connectivity index (χ2n) is 10.2. The number of amides is 1. The molecule has 1 amide bonds. The van der Waals surface area contributed by atoms with E-state index >= 15 is 0 Å². The molecule has 0 radical (unpaired) electrons. The number of rotatable bonds is 3. The van der Waals surface area contributed by atoms with E-state index in [-0.39, 0.29) is 29.6 Å². The number of hydrogen-bond acceptors (Lipinski definition) is 2. The van der Waals surface area contributed by atoms with E-state index < -0.39 is 11.7 Å². The third-order valence-corrected chi connectivity index (χ3v) is 7.22. The van der Waals surface area contributed by atoms with Gasteiger partial charge in [0.1, 0.15) is 0 Å². The van der Waals surface area contributed by atoms with Crippen molar-refractivity contribution in [1.82, 2.24) is 0 Å². The van der Waals surface area contributed by atoms with Crippen LogP contribution in [0.3, 0.4) is 0 Å². The first kappa shape index (κ1) is 23.1. The summed E-state index contributed by atoms with van der Waals surface area (Å²) in [5, 5.41) is 4.45. The number of alkyl halides is 3. The number of fused-ring (bicyclic) bond motifs is 2. The molecule has 2 aliphatic heterocycles. The van der Waals surface area contributed by atoms with Gasteiger partial charge in [-0.1, -0.05) is 23.9 Å². The molecule has 1 fully saturated rings. The molecular weight excluding hydrogens is 435 g/mol. The lowest BCUT2D eigenvalue weighted by atomic mass is 9.79. The lowest BCUT2D eigenvalue weighted by molar-refractivity contribution is -0.812. The molecule has 4 N–H and O–H groups in total. The van der Waals surface area contributed by atoms with Gasteiger partial charge in [0, 0.05) is 9.79 Å². The molecule has 2 aromatic rings. The van der Waals surface area contributed by atoms with E-state index in [2.05, 4.69) is 38.3 Å². The van der Waals surface area contributed by atoms with Crippen LogP contribution in [-0.4, -0.2) is 29.6 Å². The highest BCUT2D eigenvalue weighted by atomic mass is 32.2. The fourth-order valence-electron chi connectivity index (χ4n) is 5.32. The van der Waals surface area contributed by atoms with Gasteiger partial charge in [-0.2, -0.15) is 13.2 Å². The highest BCUT2D eigenvalue weighted by Crippen LogP contribution is 2.49. The van der Waals surface area contributed by atoms with Crippen LogP contribution >= 0.6 is 11.8 Å². The van der Waals surface area contributed by atoms with E-state index in [0.29, 0.717) is 16.3 Å². The number of para-hydroxylation sites is 1. The quantitative estimate of drug-likeness (QED) is 0.727. The van der Waals surface area contributed by atoms with Crippen LogP contribution in [0.4, 0.5) is 24.5 Å². The normalized spacial score (nSPS) is 19.9. The summed E-state index contributed by atoms with van der Waals surface area (Å²) in [6.45, 7) is 9.03. The van der Waals surface area contributed by atoms with Crippen molar-refractivity contribution in [2.75, 3.05) is 11.4 Å². The number of carbonyl (C=O) groups is 1. The summed E-state index contributed by atoms with van der Waals surface area (Å²) in [5.41, 5.74) is 0.354. The number of piperidine rings is 1. The zero-order chi connectivity index (χ0) is 23.3. The topological polar surface area (TPSA) is 53.5 Å². The number of hydrogen-bond donors (Lipinski definition) is 2. The molecule has 0 atom stereocenters. The average molecular weight is 466 g/mol.